The Morgan fingerprint density at radius 2 is 1.53 bits per heavy atom. The molecule has 0 unspecified atom stereocenters. The summed E-state index contributed by atoms with van der Waals surface area (Å²) in [4.78, 5) is 0. The summed E-state index contributed by atoms with van der Waals surface area (Å²) in [7, 11) is 0. The van der Waals surface area contributed by atoms with Crippen molar-refractivity contribution in [2.45, 2.75) is 27.7 Å². The fourth-order valence-corrected chi connectivity index (χ4v) is 2.18. The van der Waals surface area contributed by atoms with Crippen LogP contribution in [0.5, 0.6) is 0 Å². The van der Waals surface area contributed by atoms with Crippen molar-refractivity contribution in [3.05, 3.63) is 53.1 Å². The molecule has 0 N–H and O–H groups in total. The average molecular weight is 198 g/mol. The summed E-state index contributed by atoms with van der Waals surface area (Å²) in [5.74, 6) is 0. The largest absolute Gasteiger partial charge is 0.0667 e. The first-order valence-electron chi connectivity index (χ1n) is 5.49. The molecule has 78 valence electrons. The summed E-state index contributed by atoms with van der Waals surface area (Å²) >= 11 is 0. The highest BCUT2D eigenvalue weighted by Gasteiger charge is 2.27. The van der Waals surface area contributed by atoms with Crippen LogP contribution in [0.15, 0.2) is 47.6 Å². The van der Waals surface area contributed by atoms with Crippen LogP contribution in [0.25, 0.3) is 5.57 Å². The van der Waals surface area contributed by atoms with Gasteiger partial charge >= 0.3 is 0 Å². The fourth-order valence-electron chi connectivity index (χ4n) is 2.18. The van der Waals surface area contributed by atoms with E-state index in [4.69, 9.17) is 0 Å². The second kappa shape index (κ2) is 3.37. The van der Waals surface area contributed by atoms with Gasteiger partial charge in [0, 0.05) is 5.41 Å². The van der Waals surface area contributed by atoms with Gasteiger partial charge in [0.05, 0.1) is 0 Å². The lowest BCUT2D eigenvalue weighted by molar-refractivity contribution is 0.589. The predicted octanol–water partition coefficient (Wildman–Crippen LogP) is 4.45. The smallest absolute Gasteiger partial charge is 0.00467 e. The van der Waals surface area contributed by atoms with Crippen LogP contribution < -0.4 is 0 Å². The molecule has 0 saturated heterocycles. The topological polar surface area (TPSA) is 0 Å². The van der Waals surface area contributed by atoms with E-state index in [1.54, 1.807) is 0 Å². The van der Waals surface area contributed by atoms with Crippen molar-refractivity contribution < 1.29 is 0 Å². The van der Waals surface area contributed by atoms with Crippen LogP contribution in [0, 0.1) is 5.41 Å². The minimum atomic E-state index is 0.218. The van der Waals surface area contributed by atoms with Crippen LogP contribution in [0.4, 0.5) is 0 Å². The Kier molecular flexibility index (Phi) is 2.30. The summed E-state index contributed by atoms with van der Waals surface area (Å²) in [6.07, 6.45) is 2.38. The number of benzene rings is 1. The molecule has 15 heavy (non-hydrogen) atoms. The molecule has 0 aromatic heterocycles. The van der Waals surface area contributed by atoms with Crippen LogP contribution in [-0.4, -0.2) is 0 Å². The zero-order valence-electron chi connectivity index (χ0n) is 9.96. The molecule has 1 aliphatic rings. The van der Waals surface area contributed by atoms with Crippen molar-refractivity contribution in [3.63, 3.8) is 0 Å². The first-order chi connectivity index (χ1) is 7.02. The van der Waals surface area contributed by atoms with E-state index >= 15 is 0 Å². The van der Waals surface area contributed by atoms with Gasteiger partial charge in [-0.25, -0.2) is 0 Å². The molecule has 0 nitrogen and oxygen atoms in total. The molecule has 0 heteroatoms. The molecule has 0 saturated carbocycles. The number of rotatable bonds is 1. The van der Waals surface area contributed by atoms with E-state index in [0.29, 0.717) is 0 Å². The van der Waals surface area contributed by atoms with E-state index < -0.39 is 0 Å². The summed E-state index contributed by atoms with van der Waals surface area (Å²) in [6, 6.07) is 10.6. The minimum Gasteiger partial charge on any atom is -0.0667 e. The zero-order valence-corrected chi connectivity index (χ0v) is 9.96. The average Bonchev–Trinajstić information content (AvgIpc) is 2.44. The van der Waals surface area contributed by atoms with Gasteiger partial charge < -0.3 is 0 Å². The van der Waals surface area contributed by atoms with Gasteiger partial charge in [0.25, 0.3) is 0 Å². The molecular formula is C15H18. The Bertz CT molecular complexity index is 430. The van der Waals surface area contributed by atoms with E-state index in [-0.39, 0.29) is 5.41 Å². The number of allylic oxidation sites excluding steroid dienone is 4. The van der Waals surface area contributed by atoms with Gasteiger partial charge in [0.2, 0.25) is 0 Å². The zero-order chi connectivity index (χ0) is 11.1. The molecule has 0 spiro atoms. The highest BCUT2D eigenvalue weighted by Crippen LogP contribution is 2.43. The minimum absolute atomic E-state index is 0.218. The first kappa shape index (κ1) is 10.2. The summed E-state index contributed by atoms with van der Waals surface area (Å²) in [5.41, 5.74) is 5.88. The Balaban J connectivity index is 2.51. The number of hydrogen-bond donors (Lipinski definition) is 0. The highest BCUT2D eigenvalue weighted by molar-refractivity contribution is 5.83. The summed E-state index contributed by atoms with van der Waals surface area (Å²) < 4.78 is 0. The van der Waals surface area contributed by atoms with Gasteiger partial charge in [-0.2, -0.15) is 0 Å². The van der Waals surface area contributed by atoms with Crippen LogP contribution in [0.2, 0.25) is 0 Å². The fraction of sp³-hybridized carbons (Fsp3) is 0.333. The van der Waals surface area contributed by atoms with Crippen molar-refractivity contribution in [3.8, 4) is 0 Å². The van der Waals surface area contributed by atoms with Crippen molar-refractivity contribution in [1.29, 1.82) is 0 Å². The maximum atomic E-state index is 2.38. The summed E-state index contributed by atoms with van der Waals surface area (Å²) in [6.45, 7) is 9.02. The van der Waals surface area contributed by atoms with E-state index in [1.807, 2.05) is 0 Å². The third kappa shape index (κ3) is 1.65. The Morgan fingerprint density at radius 3 is 2.00 bits per heavy atom. The first-order valence-corrected chi connectivity index (χ1v) is 5.49. The van der Waals surface area contributed by atoms with Crippen LogP contribution >= 0.6 is 0 Å². The third-order valence-corrected chi connectivity index (χ3v) is 3.52. The van der Waals surface area contributed by atoms with Gasteiger partial charge in [-0.05, 0) is 30.6 Å². The Morgan fingerprint density at radius 1 is 0.933 bits per heavy atom. The summed E-state index contributed by atoms with van der Waals surface area (Å²) in [5, 5.41) is 0. The van der Waals surface area contributed by atoms with Gasteiger partial charge in [-0.15, -0.1) is 0 Å². The van der Waals surface area contributed by atoms with Crippen molar-refractivity contribution in [2.24, 2.45) is 5.41 Å². The molecule has 1 aromatic carbocycles. The van der Waals surface area contributed by atoms with Crippen LogP contribution in [-0.2, 0) is 0 Å². The molecule has 0 aliphatic heterocycles. The van der Waals surface area contributed by atoms with Crippen LogP contribution in [0.3, 0.4) is 0 Å². The highest BCUT2D eigenvalue weighted by atomic mass is 14.3. The second-order valence-corrected chi connectivity index (χ2v) is 4.90. The molecule has 0 fully saturated rings. The molecule has 2 rings (SSSR count). The molecule has 0 amide bonds. The normalized spacial score (nSPS) is 19.3. The lowest BCUT2D eigenvalue weighted by Gasteiger charge is -2.17. The molecule has 1 aliphatic carbocycles. The van der Waals surface area contributed by atoms with E-state index in [1.165, 1.54) is 22.3 Å². The second-order valence-electron chi connectivity index (χ2n) is 4.90. The Hall–Kier alpha value is -1.30. The molecule has 0 bridgehead atoms. The third-order valence-electron chi connectivity index (χ3n) is 3.52. The predicted molar refractivity (Wildman–Crippen MR) is 66.6 cm³/mol. The maximum Gasteiger partial charge on any atom is 0.00467 e. The van der Waals surface area contributed by atoms with Gasteiger partial charge in [-0.1, -0.05) is 55.8 Å². The standard InChI is InChI=1S/C15H18/c1-11-12(2)15(3,4)10-14(11)13-8-6-5-7-9-13/h5-10H,1-4H3. The SMILES string of the molecule is CC1=C(C)C(C)(C)C=C1c1ccccc1. The van der Waals surface area contributed by atoms with Gasteiger partial charge in [-0.3, -0.25) is 0 Å². The van der Waals surface area contributed by atoms with E-state index in [0.717, 1.165) is 0 Å². The molecule has 0 heterocycles. The molecule has 0 atom stereocenters. The lowest BCUT2D eigenvalue weighted by atomic mass is 9.88. The van der Waals surface area contributed by atoms with Gasteiger partial charge in [0.15, 0.2) is 0 Å². The monoisotopic (exact) mass is 198 g/mol. The molecule has 0 radical (unpaired) electrons. The lowest BCUT2D eigenvalue weighted by Crippen LogP contribution is -2.05. The van der Waals surface area contributed by atoms with Gasteiger partial charge in [0.1, 0.15) is 0 Å². The van der Waals surface area contributed by atoms with Crippen molar-refractivity contribution in [1.82, 2.24) is 0 Å². The number of hydrogen-bond acceptors (Lipinski definition) is 0. The quantitative estimate of drug-likeness (QED) is 0.625. The van der Waals surface area contributed by atoms with Crippen LogP contribution in [0.1, 0.15) is 33.3 Å². The maximum absolute atomic E-state index is 2.38. The van der Waals surface area contributed by atoms with E-state index in [2.05, 4.69) is 64.1 Å². The van der Waals surface area contributed by atoms with Crippen molar-refractivity contribution in [2.75, 3.05) is 0 Å². The van der Waals surface area contributed by atoms with E-state index in [9.17, 15) is 0 Å². The molecular weight excluding hydrogens is 180 g/mol. The van der Waals surface area contributed by atoms with Crippen molar-refractivity contribution >= 4 is 5.57 Å². The molecule has 1 aromatic rings. The Labute approximate surface area is 92.3 Å².